The maximum atomic E-state index is 13.5. The van der Waals surface area contributed by atoms with Crippen molar-refractivity contribution < 1.29 is 9.21 Å². The Bertz CT molecular complexity index is 1280. The molecule has 1 fully saturated rings. The monoisotopic (exact) mass is 457 g/mol. The standard InChI is InChI=1S/C27H24ClN3O2/c1-19-11-12-21(28)17-24(19)30-13-15-31(16-14-30)27(32)23-10-6-5-9-22(23)26-29-18-25(33-26)20-7-3-2-4-8-20/h2-12,17-18H,13-16H2,1H3. The van der Waals surface area contributed by atoms with Crippen molar-refractivity contribution >= 4 is 23.2 Å². The van der Waals surface area contributed by atoms with Crippen LogP contribution in [0.1, 0.15) is 15.9 Å². The minimum absolute atomic E-state index is 0.00692. The average Bonchev–Trinajstić information content (AvgIpc) is 3.36. The smallest absolute Gasteiger partial charge is 0.254 e. The normalized spacial score (nSPS) is 13.9. The molecular weight excluding hydrogens is 434 g/mol. The summed E-state index contributed by atoms with van der Waals surface area (Å²) in [5.74, 6) is 1.12. The summed E-state index contributed by atoms with van der Waals surface area (Å²) in [6, 6.07) is 23.3. The highest BCUT2D eigenvalue weighted by Crippen LogP contribution is 2.30. The van der Waals surface area contributed by atoms with Gasteiger partial charge in [-0.3, -0.25) is 4.79 Å². The largest absolute Gasteiger partial charge is 0.436 e. The van der Waals surface area contributed by atoms with Crippen LogP contribution in [-0.2, 0) is 0 Å². The van der Waals surface area contributed by atoms with E-state index in [0.29, 0.717) is 35.9 Å². The molecule has 1 saturated heterocycles. The first-order chi connectivity index (χ1) is 16.1. The number of piperazine rings is 1. The molecule has 166 valence electrons. The molecule has 1 aromatic heterocycles. The Balaban J connectivity index is 1.35. The number of aryl methyl sites for hydroxylation is 1. The predicted molar refractivity (Wildman–Crippen MR) is 132 cm³/mol. The number of hydrogen-bond acceptors (Lipinski definition) is 4. The lowest BCUT2D eigenvalue weighted by atomic mass is 10.1. The molecule has 1 aliphatic rings. The zero-order chi connectivity index (χ0) is 22.8. The number of anilines is 1. The summed E-state index contributed by atoms with van der Waals surface area (Å²) in [7, 11) is 0. The van der Waals surface area contributed by atoms with Crippen LogP contribution >= 0.6 is 11.6 Å². The molecule has 4 aromatic rings. The van der Waals surface area contributed by atoms with Crippen LogP contribution in [0.2, 0.25) is 5.02 Å². The lowest BCUT2D eigenvalue weighted by Crippen LogP contribution is -2.49. The molecule has 0 unspecified atom stereocenters. The molecule has 1 aliphatic heterocycles. The second kappa shape index (κ2) is 9.12. The topological polar surface area (TPSA) is 49.6 Å². The first-order valence-corrected chi connectivity index (χ1v) is 11.4. The van der Waals surface area contributed by atoms with Crippen LogP contribution in [0.25, 0.3) is 22.8 Å². The van der Waals surface area contributed by atoms with Crippen molar-refractivity contribution in [3.63, 3.8) is 0 Å². The van der Waals surface area contributed by atoms with Crippen LogP contribution in [0.3, 0.4) is 0 Å². The molecule has 5 rings (SSSR count). The second-order valence-corrected chi connectivity index (χ2v) is 8.59. The highest BCUT2D eigenvalue weighted by atomic mass is 35.5. The van der Waals surface area contributed by atoms with Gasteiger partial charge in [0, 0.05) is 48.0 Å². The van der Waals surface area contributed by atoms with Crippen molar-refractivity contribution in [2.45, 2.75) is 6.92 Å². The van der Waals surface area contributed by atoms with Gasteiger partial charge in [-0.15, -0.1) is 0 Å². The van der Waals surface area contributed by atoms with Crippen LogP contribution in [0, 0.1) is 6.92 Å². The van der Waals surface area contributed by atoms with Gasteiger partial charge < -0.3 is 14.2 Å². The Morgan fingerprint density at radius 1 is 0.939 bits per heavy atom. The highest BCUT2D eigenvalue weighted by molar-refractivity contribution is 6.30. The third-order valence-corrected chi connectivity index (χ3v) is 6.27. The molecule has 0 spiro atoms. The van der Waals surface area contributed by atoms with Crippen molar-refractivity contribution in [3.05, 3.63) is 95.1 Å². The second-order valence-electron chi connectivity index (χ2n) is 8.15. The molecule has 0 radical (unpaired) electrons. The number of aromatic nitrogens is 1. The number of carbonyl (C=O) groups is 1. The maximum Gasteiger partial charge on any atom is 0.254 e. The molecule has 0 N–H and O–H groups in total. The van der Waals surface area contributed by atoms with Gasteiger partial charge in [-0.25, -0.2) is 4.98 Å². The van der Waals surface area contributed by atoms with Crippen LogP contribution < -0.4 is 4.90 Å². The summed E-state index contributed by atoms with van der Waals surface area (Å²) in [4.78, 5) is 22.1. The number of amides is 1. The SMILES string of the molecule is Cc1ccc(Cl)cc1N1CCN(C(=O)c2ccccc2-c2ncc(-c3ccccc3)o2)CC1. The zero-order valence-corrected chi connectivity index (χ0v) is 19.1. The lowest BCUT2D eigenvalue weighted by Gasteiger charge is -2.37. The summed E-state index contributed by atoms with van der Waals surface area (Å²) >= 11 is 6.21. The first kappa shape index (κ1) is 21.3. The number of oxazole rings is 1. The number of benzene rings is 3. The van der Waals surface area contributed by atoms with Gasteiger partial charge in [0.1, 0.15) is 0 Å². The van der Waals surface area contributed by atoms with Gasteiger partial charge in [0.05, 0.1) is 11.8 Å². The highest BCUT2D eigenvalue weighted by Gasteiger charge is 2.26. The molecule has 33 heavy (non-hydrogen) atoms. The summed E-state index contributed by atoms with van der Waals surface area (Å²) in [5.41, 5.74) is 4.57. The minimum Gasteiger partial charge on any atom is -0.436 e. The van der Waals surface area contributed by atoms with Crippen LogP contribution in [-0.4, -0.2) is 42.0 Å². The molecule has 0 aliphatic carbocycles. The molecular formula is C27H24ClN3O2. The van der Waals surface area contributed by atoms with Crippen molar-refractivity contribution in [2.75, 3.05) is 31.1 Å². The first-order valence-electron chi connectivity index (χ1n) is 11.0. The number of halogens is 1. The van der Waals surface area contributed by atoms with E-state index in [4.69, 9.17) is 16.0 Å². The Labute approximate surface area is 198 Å². The quantitative estimate of drug-likeness (QED) is 0.381. The average molecular weight is 458 g/mol. The number of nitrogens with zero attached hydrogens (tertiary/aromatic N) is 3. The molecule has 6 heteroatoms. The van der Waals surface area contributed by atoms with Crippen molar-refractivity contribution in [3.8, 4) is 22.8 Å². The molecule has 2 heterocycles. The van der Waals surface area contributed by atoms with Gasteiger partial charge in [0.25, 0.3) is 5.91 Å². The molecule has 3 aromatic carbocycles. The lowest BCUT2D eigenvalue weighted by molar-refractivity contribution is 0.0747. The van der Waals surface area contributed by atoms with E-state index in [2.05, 4.69) is 16.8 Å². The van der Waals surface area contributed by atoms with Gasteiger partial charge >= 0.3 is 0 Å². The van der Waals surface area contributed by atoms with Gasteiger partial charge in [0.15, 0.2) is 5.76 Å². The fourth-order valence-corrected chi connectivity index (χ4v) is 4.40. The van der Waals surface area contributed by atoms with E-state index < -0.39 is 0 Å². The van der Waals surface area contributed by atoms with Crippen molar-refractivity contribution in [1.29, 1.82) is 0 Å². The van der Waals surface area contributed by atoms with Gasteiger partial charge in [-0.2, -0.15) is 0 Å². The third-order valence-electron chi connectivity index (χ3n) is 6.03. The van der Waals surface area contributed by atoms with E-state index in [9.17, 15) is 4.79 Å². The third kappa shape index (κ3) is 4.37. The van der Waals surface area contributed by atoms with Gasteiger partial charge in [-0.05, 0) is 36.8 Å². The van der Waals surface area contributed by atoms with E-state index in [1.165, 1.54) is 5.56 Å². The van der Waals surface area contributed by atoms with E-state index in [-0.39, 0.29) is 5.91 Å². The summed E-state index contributed by atoms with van der Waals surface area (Å²) in [6.07, 6.45) is 1.71. The summed E-state index contributed by atoms with van der Waals surface area (Å²) < 4.78 is 6.03. The summed E-state index contributed by atoms with van der Waals surface area (Å²) in [5, 5.41) is 0.726. The molecule has 0 atom stereocenters. The Morgan fingerprint density at radius 2 is 1.67 bits per heavy atom. The van der Waals surface area contributed by atoms with Crippen LogP contribution in [0.4, 0.5) is 5.69 Å². The molecule has 5 nitrogen and oxygen atoms in total. The van der Waals surface area contributed by atoms with E-state index in [1.807, 2.05) is 77.7 Å². The zero-order valence-electron chi connectivity index (χ0n) is 18.4. The number of rotatable bonds is 4. The van der Waals surface area contributed by atoms with Crippen LogP contribution in [0.5, 0.6) is 0 Å². The van der Waals surface area contributed by atoms with Crippen molar-refractivity contribution in [2.24, 2.45) is 0 Å². The molecule has 0 saturated carbocycles. The minimum atomic E-state index is -0.00692. The molecule has 0 bridgehead atoms. The number of hydrogen-bond donors (Lipinski definition) is 0. The molecule has 1 amide bonds. The predicted octanol–water partition coefficient (Wildman–Crippen LogP) is 5.93. The Kier molecular flexibility index (Phi) is 5.88. The Morgan fingerprint density at radius 3 is 2.45 bits per heavy atom. The van der Waals surface area contributed by atoms with Gasteiger partial charge in [0.2, 0.25) is 5.89 Å². The summed E-state index contributed by atoms with van der Waals surface area (Å²) in [6.45, 7) is 4.87. The Hall–Kier alpha value is -3.57. The van der Waals surface area contributed by atoms with Crippen LogP contribution in [0.15, 0.2) is 83.4 Å². The fourth-order valence-electron chi connectivity index (χ4n) is 4.23. The van der Waals surface area contributed by atoms with Gasteiger partial charge in [-0.1, -0.05) is 60.1 Å². The number of carbonyl (C=O) groups excluding carboxylic acids is 1. The van der Waals surface area contributed by atoms with E-state index in [1.54, 1.807) is 6.20 Å². The van der Waals surface area contributed by atoms with Crippen molar-refractivity contribution in [1.82, 2.24) is 9.88 Å². The van der Waals surface area contributed by atoms with E-state index >= 15 is 0 Å². The maximum absolute atomic E-state index is 13.5. The fraction of sp³-hybridized carbons (Fsp3) is 0.185. The van der Waals surface area contributed by atoms with E-state index in [0.717, 1.165) is 29.4 Å².